The third-order valence-electron chi connectivity index (χ3n) is 3.33. The van der Waals surface area contributed by atoms with Crippen molar-refractivity contribution in [3.05, 3.63) is 29.8 Å². The fourth-order valence-electron chi connectivity index (χ4n) is 1.56. The van der Waals surface area contributed by atoms with Crippen LogP contribution in [0.5, 0.6) is 0 Å². The number of thioether (sulfide) groups is 1. The van der Waals surface area contributed by atoms with Gasteiger partial charge in [-0.2, -0.15) is 11.8 Å². The van der Waals surface area contributed by atoms with E-state index in [1.54, 1.807) is 11.8 Å². The van der Waals surface area contributed by atoms with E-state index in [1.165, 1.54) is 5.56 Å². The molecule has 20 heavy (non-hydrogen) atoms. The first-order chi connectivity index (χ1) is 9.38. The van der Waals surface area contributed by atoms with Gasteiger partial charge in [0.25, 0.3) is 0 Å². The number of hydrogen-bond donors (Lipinski definition) is 3. The van der Waals surface area contributed by atoms with Crippen molar-refractivity contribution >= 4 is 23.5 Å². The van der Waals surface area contributed by atoms with E-state index >= 15 is 0 Å². The summed E-state index contributed by atoms with van der Waals surface area (Å²) in [5.74, 6) is 0. The van der Waals surface area contributed by atoms with Crippen molar-refractivity contribution in [1.29, 1.82) is 0 Å². The second kappa shape index (κ2) is 7.55. The number of carbonyl (C=O) groups is 1. The van der Waals surface area contributed by atoms with Crippen LogP contribution in [0.4, 0.5) is 10.5 Å². The van der Waals surface area contributed by atoms with Gasteiger partial charge in [0.15, 0.2) is 0 Å². The van der Waals surface area contributed by atoms with Crippen LogP contribution < -0.4 is 16.0 Å². The van der Waals surface area contributed by atoms with Crippen LogP contribution in [0.3, 0.4) is 0 Å². The molecule has 1 rings (SSSR count). The van der Waals surface area contributed by atoms with Gasteiger partial charge < -0.3 is 16.0 Å². The molecular formula is C15H25N3OS. The Morgan fingerprint density at radius 2 is 1.90 bits per heavy atom. The fourth-order valence-corrected chi connectivity index (χ4v) is 1.78. The minimum atomic E-state index is -0.165. The Morgan fingerprint density at radius 1 is 1.30 bits per heavy atom. The van der Waals surface area contributed by atoms with E-state index in [4.69, 9.17) is 0 Å². The lowest BCUT2D eigenvalue weighted by Gasteiger charge is -2.22. The Labute approximate surface area is 126 Å². The minimum absolute atomic E-state index is 0.0451. The van der Waals surface area contributed by atoms with E-state index in [0.29, 0.717) is 12.6 Å². The van der Waals surface area contributed by atoms with Crippen molar-refractivity contribution in [2.45, 2.75) is 31.6 Å². The highest BCUT2D eigenvalue weighted by molar-refractivity contribution is 7.99. The van der Waals surface area contributed by atoms with Crippen molar-refractivity contribution < 1.29 is 4.79 Å². The summed E-state index contributed by atoms with van der Waals surface area (Å²) in [5.41, 5.74) is 2.00. The molecule has 1 aromatic carbocycles. The molecule has 0 saturated carbocycles. The number of anilines is 1. The predicted molar refractivity (Wildman–Crippen MR) is 88.5 cm³/mol. The zero-order valence-electron chi connectivity index (χ0n) is 12.9. The van der Waals surface area contributed by atoms with E-state index in [1.807, 2.05) is 37.6 Å². The highest BCUT2D eigenvalue weighted by Gasteiger charge is 2.16. The Hall–Kier alpha value is -1.20. The first-order valence-electron chi connectivity index (χ1n) is 6.75. The predicted octanol–water partition coefficient (Wildman–Crippen LogP) is 3.23. The Balaban J connectivity index is 2.50. The zero-order valence-corrected chi connectivity index (χ0v) is 13.7. The maximum Gasteiger partial charge on any atom is 0.319 e. The molecule has 1 aromatic rings. The van der Waals surface area contributed by atoms with Gasteiger partial charge in [-0.05, 0) is 51.8 Å². The van der Waals surface area contributed by atoms with Crippen LogP contribution in [-0.4, -0.2) is 30.6 Å². The van der Waals surface area contributed by atoms with Crippen molar-refractivity contribution in [2.24, 2.45) is 0 Å². The molecule has 0 aliphatic rings. The lowest BCUT2D eigenvalue weighted by atomic mass is 10.1. The van der Waals surface area contributed by atoms with Crippen LogP contribution in [0.2, 0.25) is 0 Å². The van der Waals surface area contributed by atoms with Gasteiger partial charge >= 0.3 is 6.03 Å². The van der Waals surface area contributed by atoms with Gasteiger partial charge in [-0.25, -0.2) is 4.79 Å². The van der Waals surface area contributed by atoms with Gasteiger partial charge in [0.1, 0.15) is 0 Å². The van der Waals surface area contributed by atoms with Crippen molar-refractivity contribution in [3.63, 3.8) is 0 Å². The molecule has 3 N–H and O–H groups in total. The van der Waals surface area contributed by atoms with Gasteiger partial charge in [-0.15, -0.1) is 0 Å². The molecule has 0 saturated heterocycles. The van der Waals surface area contributed by atoms with E-state index < -0.39 is 0 Å². The Bertz CT molecular complexity index is 431. The summed E-state index contributed by atoms with van der Waals surface area (Å²) in [6, 6.07) is 8.01. The molecule has 0 bridgehead atoms. The lowest BCUT2D eigenvalue weighted by Crippen LogP contribution is -2.38. The number of benzene rings is 1. The van der Waals surface area contributed by atoms with Crippen LogP contribution >= 0.6 is 11.8 Å². The molecule has 0 aliphatic heterocycles. The Kier molecular flexibility index (Phi) is 6.36. The molecule has 5 heteroatoms. The molecule has 0 spiro atoms. The van der Waals surface area contributed by atoms with E-state index in [0.717, 1.165) is 5.69 Å². The minimum Gasteiger partial charge on any atom is -0.336 e. The molecule has 2 amide bonds. The quantitative estimate of drug-likeness (QED) is 0.755. The second-order valence-corrected chi connectivity index (χ2v) is 6.92. The maximum atomic E-state index is 11.8. The second-order valence-electron chi connectivity index (χ2n) is 5.40. The average Bonchev–Trinajstić information content (AvgIpc) is 2.45. The van der Waals surface area contributed by atoms with Gasteiger partial charge in [-0.3, -0.25) is 0 Å². The SMILES string of the molecule is CNC(C)c1ccc(NC(=O)NCC(C)(C)SC)cc1. The topological polar surface area (TPSA) is 53.2 Å². The average molecular weight is 295 g/mol. The highest BCUT2D eigenvalue weighted by Crippen LogP contribution is 2.19. The third-order valence-corrected chi connectivity index (χ3v) is 4.58. The third kappa shape index (κ3) is 5.43. The molecule has 0 radical (unpaired) electrons. The van der Waals surface area contributed by atoms with Crippen LogP contribution in [0.1, 0.15) is 32.4 Å². The summed E-state index contributed by atoms with van der Waals surface area (Å²) in [6.07, 6.45) is 2.04. The summed E-state index contributed by atoms with van der Waals surface area (Å²) in [4.78, 5) is 11.8. The number of nitrogens with one attached hydrogen (secondary N) is 3. The number of amides is 2. The first-order valence-corrected chi connectivity index (χ1v) is 7.97. The van der Waals surface area contributed by atoms with E-state index in [2.05, 4.69) is 36.7 Å². The van der Waals surface area contributed by atoms with E-state index in [-0.39, 0.29) is 10.8 Å². The van der Waals surface area contributed by atoms with Crippen molar-refractivity contribution in [2.75, 3.05) is 25.2 Å². The molecule has 112 valence electrons. The van der Waals surface area contributed by atoms with Crippen molar-refractivity contribution in [1.82, 2.24) is 10.6 Å². The summed E-state index contributed by atoms with van der Waals surface area (Å²) in [6.45, 7) is 6.94. The van der Waals surface area contributed by atoms with Gasteiger partial charge in [-0.1, -0.05) is 12.1 Å². The van der Waals surface area contributed by atoms with Crippen LogP contribution in [0.25, 0.3) is 0 Å². The van der Waals surface area contributed by atoms with Gasteiger partial charge in [0, 0.05) is 23.0 Å². The number of urea groups is 1. The molecule has 0 fully saturated rings. The van der Waals surface area contributed by atoms with Crippen molar-refractivity contribution in [3.8, 4) is 0 Å². The van der Waals surface area contributed by atoms with Crippen LogP contribution in [0, 0.1) is 0 Å². The standard InChI is InChI=1S/C15H25N3OS/c1-11(16-4)12-6-8-13(9-7-12)18-14(19)17-10-15(2,3)20-5/h6-9,11,16H,10H2,1-5H3,(H2,17,18,19). The van der Waals surface area contributed by atoms with Crippen LogP contribution in [-0.2, 0) is 0 Å². The maximum absolute atomic E-state index is 11.8. The lowest BCUT2D eigenvalue weighted by molar-refractivity contribution is 0.251. The molecule has 1 atom stereocenters. The molecular weight excluding hydrogens is 270 g/mol. The molecule has 0 aromatic heterocycles. The number of rotatable bonds is 6. The largest absolute Gasteiger partial charge is 0.336 e. The number of hydrogen-bond acceptors (Lipinski definition) is 3. The highest BCUT2D eigenvalue weighted by atomic mass is 32.2. The molecule has 1 unspecified atom stereocenters. The first kappa shape index (κ1) is 16.9. The molecule has 4 nitrogen and oxygen atoms in total. The van der Waals surface area contributed by atoms with Crippen LogP contribution in [0.15, 0.2) is 24.3 Å². The summed E-state index contributed by atoms with van der Waals surface area (Å²) in [7, 11) is 1.93. The van der Waals surface area contributed by atoms with Gasteiger partial charge in [0.2, 0.25) is 0 Å². The Morgan fingerprint density at radius 3 is 2.40 bits per heavy atom. The monoisotopic (exact) mass is 295 g/mol. The summed E-state index contributed by atoms with van der Waals surface area (Å²) >= 11 is 1.73. The molecule has 0 heterocycles. The fraction of sp³-hybridized carbons (Fsp3) is 0.533. The normalized spacial score (nSPS) is 12.8. The van der Waals surface area contributed by atoms with E-state index in [9.17, 15) is 4.79 Å². The van der Waals surface area contributed by atoms with Gasteiger partial charge in [0.05, 0.1) is 0 Å². The molecule has 0 aliphatic carbocycles. The zero-order chi connectivity index (χ0) is 15.2. The summed E-state index contributed by atoms with van der Waals surface area (Å²) < 4.78 is 0.0451. The smallest absolute Gasteiger partial charge is 0.319 e. The number of carbonyl (C=O) groups excluding carboxylic acids is 1. The summed E-state index contributed by atoms with van der Waals surface area (Å²) in [5, 5.41) is 8.91.